The number of halogens is 1. The van der Waals surface area contributed by atoms with Gasteiger partial charge in [0.05, 0.1) is 17.8 Å². The van der Waals surface area contributed by atoms with Crippen molar-refractivity contribution in [2.24, 2.45) is 0 Å². The Labute approximate surface area is 124 Å². The van der Waals surface area contributed by atoms with Crippen molar-refractivity contribution in [2.45, 2.75) is 0 Å². The molecule has 0 bridgehead atoms. The number of fused-ring (bicyclic) bond motifs is 1. The molecule has 0 unspecified atom stereocenters. The Morgan fingerprint density at radius 3 is 2.60 bits per heavy atom. The summed E-state index contributed by atoms with van der Waals surface area (Å²) in [5.74, 6) is -0.414. The van der Waals surface area contributed by atoms with Crippen molar-refractivity contribution in [1.29, 1.82) is 10.5 Å². The van der Waals surface area contributed by atoms with E-state index in [0.29, 0.717) is 21.0 Å². The standard InChI is InChI=1S/C13H9ClN4OS/c14-8-1-2-10-9(7-8)11(17)12(20-10)13(19)18(5-3-15)6-4-16/h1-2,7H,5-6,17H2. The molecule has 0 spiro atoms. The molecular formula is C13H9ClN4OS. The molecule has 7 heteroatoms. The highest BCUT2D eigenvalue weighted by atomic mass is 35.5. The van der Waals surface area contributed by atoms with E-state index < -0.39 is 5.91 Å². The molecule has 2 rings (SSSR count). The number of thiophene rings is 1. The van der Waals surface area contributed by atoms with Crippen LogP contribution in [0.2, 0.25) is 5.02 Å². The maximum atomic E-state index is 12.3. The van der Waals surface area contributed by atoms with Crippen LogP contribution >= 0.6 is 22.9 Å². The van der Waals surface area contributed by atoms with E-state index in [9.17, 15) is 4.79 Å². The number of carbonyl (C=O) groups is 1. The lowest BCUT2D eigenvalue weighted by molar-refractivity contribution is 0.0800. The molecule has 0 saturated carbocycles. The Morgan fingerprint density at radius 1 is 1.35 bits per heavy atom. The van der Waals surface area contributed by atoms with E-state index in [1.165, 1.54) is 11.3 Å². The number of amides is 1. The van der Waals surface area contributed by atoms with Crippen LogP contribution in [0.4, 0.5) is 5.69 Å². The Morgan fingerprint density at radius 2 is 2.00 bits per heavy atom. The van der Waals surface area contributed by atoms with Crippen LogP contribution in [0.5, 0.6) is 0 Å². The molecule has 0 atom stereocenters. The van der Waals surface area contributed by atoms with Gasteiger partial charge in [-0.25, -0.2) is 0 Å². The quantitative estimate of drug-likeness (QED) is 0.882. The lowest BCUT2D eigenvalue weighted by atomic mass is 10.2. The number of nitrogens with two attached hydrogens (primary N) is 1. The number of hydrogen-bond acceptors (Lipinski definition) is 5. The molecule has 5 nitrogen and oxygen atoms in total. The maximum Gasteiger partial charge on any atom is 0.267 e. The second-order valence-electron chi connectivity index (χ2n) is 3.96. The molecule has 20 heavy (non-hydrogen) atoms. The Bertz CT molecular complexity index is 740. The number of hydrogen-bond donors (Lipinski definition) is 1. The van der Waals surface area contributed by atoms with Crippen molar-refractivity contribution in [3.8, 4) is 12.1 Å². The van der Waals surface area contributed by atoms with Crippen LogP contribution in [0.1, 0.15) is 9.67 Å². The molecule has 0 radical (unpaired) electrons. The lowest BCUT2D eigenvalue weighted by Crippen LogP contribution is -2.31. The highest BCUT2D eigenvalue weighted by molar-refractivity contribution is 7.21. The fraction of sp³-hybridized carbons (Fsp3) is 0.154. The zero-order valence-corrected chi connectivity index (χ0v) is 11.8. The molecule has 0 saturated heterocycles. The predicted molar refractivity (Wildman–Crippen MR) is 78.4 cm³/mol. The first kappa shape index (κ1) is 14.1. The summed E-state index contributed by atoms with van der Waals surface area (Å²) in [5.41, 5.74) is 6.31. The minimum Gasteiger partial charge on any atom is -0.397 e. The van der Waals surface area contributed by atoms with Crippen LogP contribution in [0.3, 0.4) is 0 Å². The zero-order chi connectivity index (χ0) is 14.7. The van der Waals surface area contributed by atoms with E-state index in [0.717, 1.165) is 9.60 Å². The van der Waals surface area contributed by atoms with E-state index in [4.69, 9.17) is 27.9 Å². The highest BCUT2D eigenvalue weighted by Crippen LogP contribution is 2.35. The summed E-state index contributed by atoms with van der Waals surface area (Å²) in [7, 11) is 0. The van der Waals surface area contributed by atoms with Gasteiger partial charge in [0.1, 0.15) is 18.0 Å². The van der Waals surface area contributed by atoms with Gasteiger partial charge >= 0.3 is 0 Å². The van der Waals surface area contributed by atoms with E-state index in [1.54, 1.807) is 18.2 Å². The predicted octanol–water partition coefficient (Wildman–Crippen LogP) is 2.63. The van der Waals surface area contributed by atoms with Crippen molar-refractivity contribution in [2.75, 3.05) is 18.8 Å². The number of nitriles is 2. The van der Waals surface area contributed by atoms with Gasteiger partial charge in [-0.05, 0) is 18.2 Å². The minimum absolute atomic E-state index is 0.152. The van der Waals surface area contributed by atoms with Gasteiger partial charge in [-0.1, -0.05) is 11.6 Å². The molecule has 2 N–H and O–H groups in total. The second-order valence-corrected chi connectivity index (χ2v) is 5.45. The molecular weight excluding hydrogens is 296 g/mol. The minimum atomic E-state index is -0.414. The third-order valence-electron chi connectivity index (χ3n) is 2.69. The first-order valence-electron chi connectivity index (χ1n) is 5.59. The topological polar surface area (TPSA) is 93.9 Å². The molecule has 0 aliphatic heterocycles. The fourth-order valence-corrected chi connectivity index (χ4v) is 3.00. The van der Waals surface area contributed by atoms with Gasteiger partial charge < -0.3 is 10.6 Å². The van der Waals surface area contributed by atoms with E-state index in [-0.39, 0.29) is 13.1 Å². The SMILES string of the molecule is N#CCN(CC#N)C(=O)c1sc2ccc(Cl)cc2c1N. The number of carbonyl (C=O) groups excluding carboxylic acids is 1. The maximum absolute atomic E-state index is 12.3. The van der Waals surface area contributed by atoms with Crippen LogP contribution in [0.15, 0.2) is 18.2 Å². The van der Waals surface area contributed by atoms with Crippen molar-refractivity contribution >= 4 is 44.6 Å². The van der Waals surface area contributed by atoms with Gasteiger partial charge in [0.2, 0.25) is 0 Å². The van der Waals surface area contributed by atoms with Gasteiger partial charge in [0, 0.05) is 15.1 Å². The molecule has 1 heterocycles. The average molecular weight is 305 g/mol. The largest absolute Gasteiger partial charge is 0.397 e. The Balaban J connectivity index is 2.47. The normalized spacial score (nSPS) is 9.95. The summed E-state index contributed by atoms with van der Waals surface area (Å²) in [5, 5.41) is 18.7. The van der Waals surface area contributed by atoms with Crippen molar-refractivity contribution in [1.82, 2.24) is 4.90 Å². The number of nitrogen functional groups attached to an aromatic ring is 1. The zero-order valence-electron chi connectivity index (χ0n) is 10.3. The Kier molecular flexibility index (Phi) is 4.09. The van der Waals surface area contributed by atoms with Crippen molar-refractivity contribution in [3.05, 3.63) is 28.1 Å². The van der Waals surface area contributed by atoms with Gasteiger partial charge in [0.25, 0.3) is 5.91 Å². The fourth-order valence-electron chi connectivity index (χ4n) is 1.76. The van der Waals surface area contributed by atoms with Crippen LogP contribution in [-0.2, 0) is 0 Å². The number of anilines is 1. The highest BCUT2D eigenvalue weighted by Gasteiger charge is 2.21. The smallest absolute Gasteiger partial charge is 0.267 e. The van der Waals surface area contributed by atoms with Gasteiger partial charge in [0.15, 0.2) is 0 Å². The van der Waals surface area contributed by atoms with Crippen molar-refractivity contribution < 1.29 is 4.79 Å². The third kappa shape index (κ3) is 2.53. The molecule has 0 fully saturated rings. The van der Waals surface area contributed by atoms with Gasteiger partial charge in [-0.2, -0.15) is 10.5 Å². The van der Waals surface area contributed by atoms with Crippen molar-refractivity contribution in [3.63, 3.8) is 0 Å². The van der Waals surface area contributed by atoms with Crippen LogP contribution in [0, 0.1) is 22.7 Å². The van der Waals surface area contributed by atoms with Gasteiger partial charge in [-0.15, -0.1) is 11.3 Å². The molecule has 1 aromatic carbocycles. The molecule has 1 aromatic heterocycles. The second kappa shape index (κ2) is 5.79. The first-order valence-corrected chi connectivity index (χ1v) is 6.78. The number of nitrogens with zero attached hydrogens (tertiary/aromatic N) is 3. The summed E-state index contributed by atoms with van der Waals surface area (Å²) in [6.45, 7) is -0.304. The molecule has 100 valence electrons. The molecule has 2 aromatic rings. The van der Waals surface area contributed by atoms with E-state index >= 15 is 0 Å². The molecule has 1 amide bonds. The Hall–Kier alpha value is -2.28. The first-order chi connectivity index (χ1) is 9.58. The van der Waals surface area contributed by atoms with E-state index in [2.05, 4.69) is 0 Å². The summed E-state index contributed by atoms with van der Waals surface area (Å²) in [4.78, 5) is 13.8. The van der Waals surface area contributed by atoms with Crippen LogP contribution in [-0.4, -0.2) is 23.9 Å². The molecule has 0 aliphatic rings. The number of benzene rings is 1. The lowest BCUT2D eigenvalue weighted by Gasteiger charge is -2.14. The summed E-state index contributed by atoms with van der Waals surface area (Å²) >= 11 is 7.14. The number of rotatable bonds is 3. The summed E-state index contributed by atoms with van der Waals surface area (Å²) in [6, 6.07) is 8.92. The van der Waals surface area contributed by atoms with Gasteiger partial charge in [-0.3, -0.25) is 4.79 Å². The van der Waals surface area contributed by atoms with E-state index in [1.807, 2.05) is 12.1 Å². The van der Waals surface area contributed by atoms with Crippen LogP contribution in [0.25, 0.3) is 10.1 Å². The third-order valence-corrected chi connectivity index (χ3v) is 4.10. The molecule has 0 aliphatic carbocycles. The monoisotopic (exact) mass is 304 g/mol. The summed E-state index contributed by atoms with van der Waals surface area (Å²) in [6.07, 6.45) is 0. The average Bonchev–Trinajstić information content (AvgIpc) is 2.75. The summed E-state index contributed by atoms with van der Waals surface area (Å²) < 4.78 is 0.837. The van der Waals surface area contributed by atoms with Crippen LogP contribution < -0.4 is 5.73 Å².